The van der Waals surface area contributed by atoms with Gasteiger partial charge >= 0.3 is 5.97 Å². The Morgan fingerprint density at radius 2 is 1.94 bits per heavy atom. The first kappa shape index (κ1) is 13.4. The molecule has 0 atom stereocenters. The van der Waals surface area contributed by atoms with Crippen molar-refractivity contribution in [3.63, 3.8) is 0 Å². The summed E-state index contributed by atoms with van der Waals surface area (Å²) in [6.45, 7) is -0.370. The molecule has 7 heteroatoms. The first-order valence-electron chi connectivity index (χ1n) is 4.28. The van der Waals surface area contributed by atoms with E-state index in [2.05, 4.69) is 32.0 Å². The maximum atomic E-state index is 11.6. The van der Waals surface area contributed by atoms with Crippen LogP contribution in [0.15, 0.2) is 29.2 Å². The highest BCUT2D eigenvalue weighted by Crippen LogP contribution is 2.11. The van der Waals surface area contributed by atoms with Gasteiger partial charge in [-0.1, -0.05) is 0 Å². The second-order valence-electron chi connectivity index (χ2n) is 2.85. The van der Waals surface area contributed by atoms with Crippen LogP contribution in [-0.2, 0) is 19.6 Å². The van der Waals surface area contributed by atoms with Crippen LogP contribution < -0.4 is 4.72 Å². The number of esters is 1. The Morgan fingerprint density at radius 3 is 2.44 bits per heavy atom. The number of hydrogen-bond donors (Lipinski definition) is 1. The third-order valence-electron chi connectivity index (χ3n) is 1.76. The summed E-state index contributed by atoms with van der Waals surface area (Å²) in [4.78, 5) is 10.9. The molecule has 88 valence electrons. The van der Waals surface area contributed by atoms with E-state index in [4.69, 9.17) is 0 Å². The first-order valence-corrected chi connectivity index (χ1v) is 6.84. The van der Waals surface area contributed by atoms with Crippen molar-refractivity contribution in [2.45, 2.75) is 4.90 Å². The molecule has 0 saturated carbocycles. The van der Waals surface area contributed by atoms with Gasteiger partial charge in [-0.3, -0.25) is 4.79 Å². The molecule has 0 aliphatic heterocycles. The summed E-state index contributed by atoms with van der Waals surface area (Å²) in [5.41, 5.74) is 0. The average molecular weight is 355 g/mol. The molecule has 1 N–H and O–H groups in total. The number of methoxy groups -OCH3 is 1. The number of nitrogens with one attached hydrogen (secondary N) is 1. The Bertz CT molecular complexity index is 469. The number of sulfonamides is 1. The summed E-state index contributed by atoms with van der Waals surface area (Å²) in [5.74, 6) is -0.630. The van der Waals surface area contributed by atoms with Crippen molar-refractivity contribution in [2.24, 2.45) is 0 Å². The highest BCUT2D eigenvalue weighted by molar-refractivity contribution is 14.1. The van der Waals surface area contributed by atoms with E-state index in [1.807, 2.05) is 0 Å². The fourth-order valence-corrected chi connectivity index (χ4v) is 2.25. The van der Waals surface area contributed by atoms with Crippen LogP contribution in [0.25, 0.3) is 0 Å². The van der Waals surface area contributed by atoms with E-state index in [-0.39, 0.29) is 11.4 Å². The summed E-state index contributed by atoms with van der Waals surface area (Å²) in [5, 5.41) is 0. The fraction of sp³-hybridized carbons (Fsp3) is 0.222. The van der Waals surface area contributed by atoms with E-state index in [1.165, 1.54) is 19.2 Å². The molecule has 0 heterocycles. The van der Waals surface area contributed by atoms with Crippen LogP contribution in [0.4, 0.5) is 0 Å². The van der Waals surface area contributed by atoms with Gasteiger partial charge in [-0.25, -0.2) is 8.42 Å². The first-order chi connectivity index (χ1) is 7.45. The molecule has 0 fully saturated rings. The van der Waals surface area contributed by atoms with Crippen molar-refractivity contribution in [3.05, 3.63) is 27.8 Å². The zero-order chi connectivity index (χ0) is 12.2. The Labute approximate surface area is 107 Å². The fourth-order valence-electron chi connectivity index (χ4n) is 0.923. The highest BCUT2D eigenvalue weighted by Gasteiger charge is 2.15. The summed E-state index contributed by atoms with van der Waals surface area (Å²) in [7, 11) is -2.44. The monoisotopic (exact) mass is 355 g/mol. The Kier molecular flexibility index (Phi) is 4.69. The second kappa shape index (κ2) is 5.60. The summed E-state index contributed by atoms with van der Waals surface area (Å²) in [6, 6.07) is 6.29. The van der Waals surface area contributed by atoms with E-state index in [1.54, 1.807) is 12.1 Å². The standard InChI is InChI=1S/C9H10INO4S/c1-15-9(12)6-11-16(13,14)8-4-2-7(10)3-5-8/h2-5,11H,6H2,1H3. The minimum absolute atomic E-state index is 0.122. The molecule has 0 aliphatic carbocycles. The SMILES string of the molecule is COC(=O)CNS(=O)(=O)c1ccc(I)cc1. The zero-order valence-corrected chi connectivity index (χ0v) is 11.4. The maximum Gasteiger partial charge on any atom is 0.320 e. The van der Waals surface area contributed by atoms with Crippen LogP contribution >= 0.6 is 22.6 Å². The predicted octanol–water partition coefficient (Wildman–Crippen LogP) is 0.742. The number of rotatable bonds is 4. The molecule has 1 aromatic rings. The molecule has 0 amide bonds. The molecule has 0 radical (unpaired) electrons. The minimum Gasteiger partial charge on any atom is -0.468 e. The number of ether oxygens (including phenoxy) is 1. The smallest absolute Gasteiger partial charge is 0.320 e. The molecule has 0 bridgehead atoms. The molecular formula is C9H10INO4S. The third-order valence-corrected chi connectivity index (χ3v) is 3.89. The number of carbonyl (C=O) groups excluding carboxylic acids is 1. The Hall–Kier alpha value is -0.670. The van der Waals surface area contributed by atoms with Gasteiger partial charge in [-0.2, -0.15) is 4.72 Å². The summed E-state index contributed by atoms with van der Waals surface area (Å²) < 4.78 is 30.7. The number of carbonyl (C=O) groups is 1. The van der Waals surface area contributed by atoms with Gasteiger partial charge in [0.15, 0.2) is 0 Å². The lowest BCUT2D eigenvalue weighted by atomic mass is 10.4. The molecule has 0 aromatic heterocycles. The third kappa shape index (κ3) is 3.72. The van der Waals surface area contributed by atoms with E-state index < -0.39 is 16.0 Å². The quantitative estimate of drug-likeness (QED) is 0.639. The molecule has 16 heavy (non-hydrogen) atoms. The molecule has 1 aromatic carbocycles. The topological polar surface area (TPSA) is 72.5 Å². The Balaban J connectivity index is 2.78. The van der Waals surface area contributed by atoms with Crippen LogP contribution in [0.2, 0.25) is 0 Å². The average Bonchev–Trinajstić information content (AvgIpc) is 2.26. The zero-order valence-electron chi connectivity index (χ0n) is 8.44. The number of hydrogen-bond acceptors (Lipinski definition) is 4. The van der Waals surface area contributed by atoms with Crippen molar-refractivity contribution < 1.29 is 17.9 Å². The van der Waals surface area contributed by atoms with Gasteiger partial charge in [0, 0.05) is 3.57 Å². The van der Waals surface area contributed by atoms with Crippen molar-refractivity contribution >= 4 is 38.6 Å². The van der Waals surface area contributed by atoms with Gasteiger partial charge in [0.05, 0.1) is 12.0 Å². The summed E-state index contributed by atoms with van der Waals surface area (Å²) >= 11 is 2.07. The lowest BCUT2D eigenvalue weighted by Gasteiger charge is -2.05. The van der Waals surface area contributed by atoms with Gasteiger partial charge < -0.3 is 4.74 Å². The lowest BCUT2D eigenvalue weighted by molar-refractivity contribution is -0.139. The predicted molar refractivity (Wildman–Crippen MR) is 66.4 cm³/mol. The molecule has 0 aliphatic rings. The van der Waals surface area contributed by atoms with Crippen LogP contribution in [0, 0.1) is 3.57 Å². The van der Waals surface area contributed by atoms with Crippen molar-refractivity contribution in [1.29, 1.82) is 0 Å². The van der Waals surface area contributed by atoms with Crippen LogP contribution in [0.3, 0.4) is 0 Å². The molecular weight excluding hydrogens is 345 g/mol. The Morgan fingerprint density at radius 1 is 1.38 bits per heavy atom. The number of halogens is 1. The molecule has 5 nitrogen and oxygen atoms in total. The van der Waals surface area contributed by atoms with Crippen LogP contribution in [-0.4, -0.2) is 28.0 Å². The summed E-state index contributed by atoms with van der Waals surface area (Å²) in [6.07, 6.45) is 0. The lowest BCUT2D eigenvalue weighted by Crippen LogP contribution is -2.30. The van der Waals surface area contributed by atoms with Gasteiger partial charge in [0.25, 0.3) is 0 Å². The van der Waals surface area contributed by atoms with E-state index >= 15 is 0 Å². The molecule has 0 saturated heterocycles. The second-order valence-corrected chi connectivity index (χ2v) is 5.87. The van der Waals surface area contributed by atoms with E-state index in [0.29, 0.717) is 0 Å². The van der Waals surface area contributed by atoms with Gasteiger partial charge in [0.2, 0.25) is 10.0 Å². The normalized spacial score (nSPS) is 11.1. The highest BCUT2D eigenvalue weighted by atomic mass is 127. The maximum absolute atomic E-state index is 11.6. The van der Waals surface area contributed by atoms with Crippen molar-refractivity contribution in [3.8, 4) is 0 Å². The molecule has 1 rings (SSSR count). The van der Waals surface area contributed by atoms with Crippen LogP contribution in [0.1, 0.15) is 0 Å². The largest absolute Gasteiger partial charge is 0.468 e. The van der Waals surface area contributed by atoms with Gasteiger partial charge in [0.1, 0.15) is 6.54 Å². The van der Waals surface area contributed by atoms with E-state index in [0.717, 1.165) is 3.57 Å². The molecule has 0 unspecified atom stereocenters. The van der Waals surface area contributed by atoms with Crippen molar-refractivity contribution in [1.82, 2.24) is 4.72 Å². The van der Waals surface area contributed by atoms with Crippen LogP contribution in [0.5, 0.6) is 0 Å². The van der Waals surface area contributed by atoms with Gasteiger partial charge in [-0.05, 0) is 46.9 Å². The number of benzene rings is 1. The van der Waals surface area contributed by atoms with E-state index in [9.17, 15) is 13.2 Å². The van der Waals surface area contributed by atoms with Gasteiger partial charge in [-0.15, -0.1) is 0 Å². The van der Waals surface area contributed by atoms with Crippen molar-refractivity contribution in [2.75, 3.05) is 13.7 Å². The molecule has 0 spiro atoms. The minimum atomic E-state index is -3.64.